The van der Waals surface area contributed by atoms with E-state index in [1.54, 1.807) is 32.0 Å². The summed E-state index contributed by atoms with van der Waals surface area (Å²) in [6.07, 6.45) is 0.858. The van der Waals surface area contributed by atoms with Gasteiger partial charge in [-0.1, -0.05) is 19.9 Å². The van der Waals surface area contributed by atoms with Crippen molar-refractivity contribution in [2.75, 3.05) is 31.6 Å². The molecule has 4 atom stereocenters. The summed E-state index contributed by atoms with van der Waals surface area (Å²) in [6.45, 7) is 4.45. The van der Waals surface area contributed by atoms with E-state index in [2.05, 4.69) is 16.0 Å². The number of carboxylic acid groups (broad SMARTS) is 1. The molecule has 0 aromatic heterocycles. The number of carbonyl (C=O) groups is 7. The van der Waals surface area contributed by atoms with Crippen LogP contribution in [0.25, 0.3) is 0 Å². The van der Waals surface area contributed by atoms with Gasteiger partial charge in [-0.3, -0.25) is 33.7 Å². The van der Waals surface area contributed by atoms with Gasteiger partial charge in [0, 0.05) is 37.6 Å². The zero-order valence-electron chi connectivity index (χ0n) is 27.8. The Morgan fingerprint density at radius 1 is 1.02 bits per heavy atom. The molecule has 1 saturated heterocycles. The fraction of sp³-hybridized carbons (Fsp3) is 0.545. The van der Waals surface area contributed by atoms with Gasteiger partial charge in [-0.25, -0.2) is 4.79 Å². The number of hydrogen-bond acceptors (Lipinski definition) is 11. The van der Waals surface area contributed by atoms with E-state index >= 15 is 0 Å². The Bertz CT molecular complexity index is 1410. The molecule has 5 amide bonds. The number of carbonyl (C=O) groups excluding carboxylic acids is 6. The molecule has 268 valence electrons. The highest BCUT2D eigenvalue weighted by atomic mass is 16.5. The van der Waals surface area contributed by atoms with Gasteiger partial charge in [0.1, 0.15) is 12.6 Å². The van der Waals surface area contributed by atoms with Crippen molar-refractivity contribution in [1.82, 2.24) is 15.5 Å². The Morgan fingerprint density at radius 2 is 1.73 bits per heavy atom. The van der Waals surface area contributed by atoms with Crippen LogP contribution in [-0.2, 0) is 60.8 Å². The minimum absolute atomic E-state index is 0.00443. The summed E-state index contributed by atoms with van der Waals surface area (Å²) in [5.74, 6) is -4.34. The number of amides is 5. The van der Waals surface area contributed by atoms with Crippen LogP contribution in [0.4, 0.5) is 5.69 Å². The Hall–Kier alpha value is -4.67. The number of aliphatic hydroxyl groups is 1. The number of aliphatic hydroxyl groups excluding tert-OH is 1. The number of nitrogens with zero attached hydrogens (tertiary/aromatic N) is 1. The third kappa shape index (κ3) is 12.7. The summed E-state index contributed by atoms with van der Waals surface area (Å²) in [7, 11) is 0. The molecule has 0 bridgehead atoms. The molecule has 2 aliphatic rings. The zero-order valence-corrected chi connectivity index (χ0v) is 27.8. The van der Waals surface area contributed by atoms with Crippen LogP contribution in [-0.4, -0.2) is 107 Å². The maximum absolute atomic E-state index is 12.9. The van der Waals surface area contributed by atoms with Crippen LogP contribution in [0.3, 0.4) is 0 Å². The van der Waals surface area contributed by atoms with Crippen LogP contribution in [0, 0.1) is 5.92 Å². The molecule has 1 fully saturated rings. The van der Waals surface area contributed by atoms with Crippen molar-refractivity contribution in [3.8, 4) is 0 Å². The maximum atomic E-state index is 12.9. The van der Waals surface area contributed by atoms with Gasteiger partial charge in [0.2, 0.25) is 17.7 Å². The molecule has 0 aliphatic carbocycles. The predicted molar refractivity (Wildman–Crippen MR) is 171 cm³/mol. The van der Waals surface area contributed by atoms with Crippen LogP contribution in [0.5, 0.6) is 0 Å². The van der Waals surface area contributed by atoms with Gasteiger partial charge in [-0.05, 0) is 48.4 Å². The lowest BCUT2D eigenvalue weighted by Crippen LogP contribution is -2.51. The fourth-order valence-electron chi connectivity index (χ4n) is 5.25. The van der Waals surface area contributed by atoms with Gasteiger partial charge in [0.05, 0.1) is 38.5 Å². The molecule has 0 radical (unpaired) electrons. The fourth-order valence-corrected chi connectivity index (χ4v) is 5.25. The first-order valence-electron chi connectivity index (χ1n) is 16.0. The lowest BCUT2D eigenvalue weighted by atomic mass is 9.94. The summed E-state index contributed by atoms with van der Waals surface area (Å²) >= 11 is 0. The van der Waals surface area contributed by atoms with E-state index < -0.39 is 72.4 Å². The maximum Gasteiger partial charge on any atom is 0.332 e. The molecule has 3 rings (SSSR count). The number of anilines is 1. The van der Waals surface area contributed by atoms with E-state index in [1.807, 2.05) is 0 Å². The topological polar surface area (TPSA) is 227 Å². The normalized spacial score (nSPS) is 19.4. The lowest BCUT2D eigenvalue weighted by Gasteiger charge is -2.31. The Balaban J connectivity index is 1.49. The smallest absolute Gasteiger partial charge is 0.332 e. The van der Waals surface area contributed by atoms with E-state index in [1.165, 1.54) is 19.1 Å². The molecule has 16 nitrogen and oxygen atoms in total. The Morgan fingerprint density at radius 3 is 2.39 bits per heavy atom. The van der Waals surface area contributed by atoms with E-state index in [-0.39, 0.29) is 51.5 Å². The standard InChI is InChI=1S/C33H44N4O12/c1-19(2)31(36-27(40)10-12-47-13-11-37-29(42)8-9-30(37)43)32(44)34-17-28(41)35-23-6-4-22(18-48-20(3)38)21(14-23)5-7-25-15-24(39)16-26(49-25)33(45)46/h4,6,8-9,14,19,24-26,31,39H,5,7,10-13,15-18H2,1-3H3,(H,34,44)(H,35,41)(H,36,40)(H,45,46). The van der Waals surface area contributed by atoms with Crippen molar-refractivity contribution in [3.63, 3.8) is 0 Å². The molecular weight excluding hydrogens is 644 g/mol. The lowest BCUT2D eigenvalue weighted by molar-refractivity contribution is -0.166. The average molecular weight is 689 g/mol. The van der Waals surface area contributed by atoms with Gasteiger partial charge in [-0.15, -0.1) is 0 Å². The SMILES string of the molecule is CC(=O)OCc1ccc(NC(=O)CNC(=O)C(NC(=O)CCOCCN2C(=O)C=CC2=O)C(C)C)cc1CCC1CC(O)CC(C(=O)O)O1. The van der Waals surface area contributed by atoms with Crippen molar-refractivity contribution in [2.24, 2.45) is 5.92 Å². The molecule has 2 aliphatic heterocycles. The van der Waals surface area contributed by atoms with Crippen molar-refractivity contribution in [1.29, 1.82) is 0 Å². The molecule has 4 unspecified atom stereocenters. The number of carboxylic acids is 1. The van der Waals surface area contributed by atoms with E-state index in [0.717, 1.165) is 4.90 Å². The first kappa shape index (κ1) is 38.8. The largest absolute Gasteiger partial charge is 0.479 e. The molecule has 49 heavy (non-hydrogen) atoms. The number of ether oxygens (including phenoxy) is 3. The molecule has 0 spiro atoms. The van der Waals surface area contributed by atoms with Crippen LogP contribution in [0.1, 0.15) is 57.6 Å². The van der Waals surface area contributed by atoms with E-state index in [0.29, 0.717) is 29.7 Å². The Kier molecular flexibility index (Phi) is 14.8. The molecule has 1 aromatic rings. The highest BCUT2D eigenvalue weighted by Gasteiger charge is 2.32. The first-order valence-corrected chi connectivity index (χ1v) is 16.0. The summed E-state index contributed by atoms with van der Waals surface area (Å²) in [6, 6.07) is 4.04. The quantitative estimate of drug-likeness (QED) is 0.0792. The number of imide groups is 1. The number of esters is 1. The highest BCUT2D eigenvalue weighted by Crippen LogP contribution is 2.26. The van der Waals surface area contributed by atoms with Gasteiger partial charge in [0.15, 0.2) is 6.10 Å². The zero-order chi connectivity index (χ0) is 36.1. The van der Waals surface area contributed by atoms with Crippen molar-refractivity contribution < 1.29 is 58.0 Å². The van der Waals surface area contributed by atoms with Crippen molar-refractivity contribution in [2.45, 2.75) is 83.8 Å². The molecule has 2 heterocycles. The minimum Gasteiger partial charge on any atom is -0.479 e. The number of rotatable bonds is 18. The van der Waals surface area contributed by atoms with Gasteiger partial charge >= 0.3 is 11.9 Å². The van der Waals surface area contributed by atoms with Crippen LogP contribution in [0.2, 0.25) is 0 Å². The summed E-state index contributed by atoms with van der Waals surface area (Å²) < 4.78 is 16.1. The molecule has 5 N–H and O–H groups in total. The average Bonchev–Trinajstić information content (AvgIpc) is 3.36. The molecule has 0 saturated carbocycles. The highest BCUT2D eigenvalue weighted by molar-refractivity contribution is 6.12. The first-order chi connectivity index (χ1) is 23.2. The van der Waals surface area contributed by atoms with E-state index in [4.69, 9.17) is 14.2 Å². The Labute approximate surface area is 283 Å². The predicted octanol–water partition coefficient (Wildman–Crippen LogP) is 0.203. The minimum atomic E-state index is -1.15. The molecular formula is C33H44N4O12. The molecule has 16 heteroatoms. The number of aryl methyl sites for hydroxylation is 1. The van der Waals surface area contributed by atoms with Crippen molar-refractivity contribution >= 4 is 47.2 Å². The van der Waals surface area contributed by atoms with Crippen LogP contribution in [0.15, 0.2) is 30.4 Å². The number of benzene rings is 1. The van der Waals surface area contributed by atoms with E-state index in [9.17, 15) is 43.8 Å². The number of nitrogens with one attached hydrogen (secondary N) is 3. The monoisotopic (exact) mass is 688 g/mol. The summed E-state index contributed by atoms with van der Waals surface area (Å²) in [4.78, 5) is 85.1. The van der Waals surface area contributed by atoms with Gasteiger partial charge in [0.25, 0.3) is 11.8 Å². The summed E-state index contributed by atoms with van der Waals surface area (Å²) in [5.41, 5.74) is 1.78. The van der Waals surface area contributed by atoms with Crippen molar-refractivity contribution in [3.05, 3.63) is 41.5 Å². The van der Waals surface area contributed by atoms with Crippen LogP contribution >= 0.6 is 0 Å². The molecule has 1 aromatic carbocycles. The third-order valence-corrected chi connectivity index (χ3v) is 7.83. The second-order valence-corrected chi connectivity index (χ2v) is 12.1. The number of aliphatic carboxylic acids is 1. The summed E-state index contributed by atoms with van der Waals surface area (Å²) in [5, 5.41) is 27.3. The van der Waals surface area contributed by atoms with Gasteiger partial charge in [-0.2, -0.15) is 0 Å². The number of hydrogen-bond donors (Lipinski definition) is 5. The third-order valence-electron chi connectivity index (χ3n) is 7.83. The van der Waals surface area contributed by atoms with Crippen LogP contribution < -0.4 is 16.0 Å². The second kappa shape index (κ2) is 18.8. The van der Waals surface area contributed by atoms with Gasteiger partial charge < -0.3 is 40.4 Å². The second-order valence-electron chi connectivity index (χ2n) is 12.1.